The number of H-pyrrole nitrogens is 1. The third kappa shape index (κ3) is 2.73. The molecule has 1 aromatic rings. The molecule has 20 heavy (non-hydrogen) atoms. The van der Waals surface area contributed by atoms with E-state index in [4.69, 9.17) is 0 Å². The molecule has 110 valence electrons. The van der Waals surface area contributed by atoms with Crippen molar-refractivity contribution >= 4 is 5.91 Å². The summed E-state index contributed by atoms with van der Waals surface area (Å²) in [6, 6.07) is 0.326. The zero-order valence-electron chi connectivity index (χ0n) is 12.4. The second kappa shape index (κ2) is 5.56. The van der Waals surface area contributed by atoms with Gasteiger partial charge < -0.3 is 4.90 Å². The summed E-state index contributed by atoms with van der Waals surface area (Å²) in [6.45, 7) is 8.34. The molecule has 5 heteroatoms. The summed E-state index contributed by atoms with van der Waals surface area (Å²) in [4.78, 5) is 16.5. The van der Waals surface area contributed by atoms with Gasteiger partial charge in [-0.2, -0.15) is 5.10 Å². The van der Waals surface area contributed by atoms with Crippen molar-refractivity contribution in [2.24, 2.45) is 5.92 Å². The summed E-state index contributed by atoms with van der Waals surface area (Å²) in [5.74, 6) is 0.940. The van der Waals surface area contributed by atoms with Gasteiger partial charge in [-0.3, -0.25) is 14.8 Å². The Labute approximate surface area is 120 Å². The first-order valence-electron chi connectivity index (χ1n) is 7.66. The SMILES string of the molecule is CC(C)N1CC(CN2CCc3[nH]ncc3C2)CCC1=O. The van der Waals surface area contributed by atoms with E-state index in [1.165, 1.54) is 11.3 Å². The number of nitrogens with one attached hydrogen (secondary N) is 1. The summed E-state index contributed by atoms with van der Waals surface area (Å²) >= 11 is 0. The molecule has 1 fully saturated rings. The second-order valence-corrected chi connectivity index (χ2v) is 6.40. The first-order valence-corrected chi connectivity index (χ1v) is 7.66. The Kier molecular flexibility index (Phi) is 3.78. The molecule has 0 aliphatic carbocycles. The molecule has 1 aromatic heterocycles. The van der Waals surface area contributed by atoms with Gasteiger partial charge in [0.15, 0.2) is 0 Å². The number of aromatic amines is 1. The number of hydrogen-bond donors (Lipinski definition) is 1. The molecule has 1 amide bonds. The Morgan fingerprint density at radius 2 is 2.30 bits per heavy atom. The highest BCUT2D eigenvalue weighted by molar-refractivity contribution is 5.77. The number of aromatic nitrogens is 2. The Morgan fingerprint density at radius 1 is 1.45 bits per heavy atom. The average Bonchev–Trinajstić information content (AvgIpc) is 2.88. The maximum Gasteiger partial charge on any atom is 0.222 e. The number of fused-ring (bicyclic) bond motifs is 1. The molecule has 1 saturated heterocycles. The van der Waals surface area contributed by atoms with E-state index in [9.17, 15) is 4.79 Å². The van der Waals surface area contributed by atoms with Crippen LogP contribution in [-0.4, -0.2) is 51.6 Å². The predicted octanol–water partition coefficient (Wildman–Crippen LogP) is 1.41. The molecule has 1 unspecified atom stereocenters. The lowest BCUT2D eigenvalue weighted by Crippen LogP contribution is -2.47. The lowest BCUT2D eigenvalue weighted by molar-refractivity contribution is -0.137. The van der Waals surface area contributed by atoms with Crippen molar-refractivity contribution in [2.45, 2.75) is 45.7 Å². The third-order valence-corrected chi connectivity index (χ3v) is 4.56. The van der Waals surface area contributed by atoms with Gasteiger partial charge in [0, 0.05) is 56.3 Å². The van der Waals surface area contributed by atoms with E-state index in [2.05, 4.69) is 28.9 Å². The Morgan fingerprint density at radius 3 is 3.10 bits per heavy atom. The van der Waals surface area contributed by atoms with Gasteiger partial charge >= 0.3 is 0 Å². The monoisotopic (exact) mass is 276 g/mol. The molecule has 5 nitrogen and oxygen atoms in total. The smallest absolute Gasteiger partial charge is 0.222 e. The summed E-state index contributed by atoms with van der Waals surface area (Å²) < 4.78 is 0. The number of rotatable bonds is 3. The molecule has 0 spiro atoms. The number of amides is 1. The number of likely N-dealkylation sites (tertiary alicyclic amines) is 1. The molecule has 1 N–H and O–H groups in total. The normalized spacial score (nSPS) is 24.2. The Balaban J connectivity index is 1.58. The molecule has 1 atom stereocenters. The van der Waals surface area contributed by atoms with Crippen LogP contribution in [0.2, 0.25) is 0 Å². The Hall–Kier alpha value is -1.36. The first kappa shape index (κ1) is 13.6. The molecular formula is C15H24N4O. The fraction of sp³-hybridized carbons (Fsp3) is 0.733. The zero-order chi connectivity index (χ0) is 14.1. The minimum Gasteiger partial charge on any atom is -0.340 e. The molecule has 0 bridgehead atoms. The van der Waals surface area contributed by atoms with Gasteiger partial charge in [0.1, 0.15) is 0 Å². The lowest BCUT2D eigenvalue weighted by Gasteiger charge is -2.38. The van der Waals surface area contributed by atoms with E-state index in [1.54, 1.807) is 0 Å². The summed E-state index contributed by atoms with van der Waals surface area (Å²) in [5, 5.41) is 7.21. The largest absolute Gasteiger partial charge is 0.340 e. The van der Waals surface area contributed by atoms with Crippen LogP contribution < -0.4 is 0 Å². The van der Waals surface area contributed by atoms with Crippen LogP contribution in [0.4, 0.5) is 0 Å². The van der Waals surface area contributed by atoms with Crippen molar-refractivity contribution in [3.05, 3.63) is 17.5 Å². The van der Waals surface area contributed by atoms with Crippen molar-refractivity contribution in [2.75, 3.05) is 19.6 Å². The van der Waals surface area contributed by atoms with Crippen LogP contribution in [0, 0.1) is 5.92 Å². The van der Waals surface area contributed by atoms with Gasteiger partial charge in [-0.15, -0.1) is 0 Å². The van der Waals surface area contributed by atoms with Crippen LogP contribution in [0.3, 0.4) is 0 Å². The fourth-order valence-corrected chi connectivity index (χ4v) is 3.39. The van der Waals surface area contributed by atoms with Crippen molar-refractivity contribution in [3.8, 4) is 0 Å². The molecular weight excluding hydrogens is 252 g/mol. The van der Waals surface area contributed by atoms with Crippen LogP contribution in [0.15, 0.2) is 6.20 Å². The van der Waals surface area contributed by atoms with E-state index in [1.807, 2.05) is 11.1 Å². The van der Waals surface area contributed by atoms with Gasteiger partial charge in [0.05, 0.1) is 6.20 Å². The van der Waals surface area contributed by atoms with Crippen LogP contribution >= 0.6 is 0 Å². The maximum atomic E-state index is 11.9. The summed E-state index contributed by atoms with van der Waals surface area (Å²) in [6.07, 6.45) is 4.77. The molecule has 0 aromatic carbocycles. The zero-order valence-corrected chi connectivity index (χ0v) is 12.4. The summed E-state index contributed by atoms with van der Waals surface area (Å²) in [5.41, 5.74) is 2.63. The van der Waals surface area contributed by atoms with Crippen LogP contribution in [0.1, 0.15) is 37.9 Å². The molecule has 3 heterocycles. The van der Waals surface area contributed by atoms with Gasteiger partial charge in [0.25, 0.3) is 0 Å². The number of carbonyl (C=O) groups excluding carboxylic acids is 1. The highest BCUT2D eigenvalue weighted by atomic mass is 16.2. The minimum atomic E-state index is 0.326. The van der Waals surface area contributed by atoms with E-state index in [-0.39, 0.29) is 0 Å². The highest BCUT2D eigenvalue weighted by Gasteiger charge is 2.29. The van der Waals surface area contributed by atoms with E-state index in [0.717, 1.165) is 39.0 Å². The summed E-state index contributed by atoms with van der Waals surface area (Å²) in [7, 11) is 0. The highest BCUT2D eigenvalue weighted by Crippen LogP contribution is 2.23. The standard InChI is InChI=1S/C15H24N4O/c1-11(2)19-9-12(3-4-15(19)20)8-18-6-5-14-13(10-18)7-16-17-14/h7,11-12H,3-6,8-10H2,1-2H3,(H,16,17). The number of hydrogen-bond acceptors (Lipinski definition) is 3. The average molecular weight is 276 g/mol. The lowest BCUT2D eigenvalue weighted by atomic mass is 9.95. The third-order valence-electron chi connectivity index (χ3n) is 4.56. The van der Waals surface area contributed by atoms with E-state index >= 15 is 0 Å². The molecule has 3 rings (SSSR count). The van der Waals surface area contributed by atoms with Crippen LogP contribution in [0.25, 0.3) is 0 Å². The van der Waals surface area contributed by atoms with Crippen molar-refractivity contribution in [1.82, 2.24) is 20.0 Å². The van der Waals surface area contributed by atoms with Gasteiger partial charge in [-0.25, -0.2) is 0 Å². The van der Waals surface area contributed by atoms with Gasteiger partial charge in [-0.05, 0) is 26.2 Å². The maximum absolute atomic E-state index is 11.9. The predicted molar refractivity (Wildman–Crippen MR) is 77.1 cm³/mol. The van der Waals surface area contributed by atoms with Crippen molar-refractivity contribution < 1.29 is 4.79 Å². The van der Waals surface area contributed by atoms with Crippen molar-refractivity contribution in [1.29, 1.82) is 0 Å². The van der Waals surface area contributed by atoms with Gasteiger partial charge in [0.2, 0.25) is 5.91 Å². The van der Waals surface area contributed by atoms with Crippen LogP contribution in [0.5, 0.6) is 0 Å². The Bertz CT molecular complexity index is 482. The minimum absolute atomic E-state index is 0.326. The molecule has 0 saturated carbocycles. The van der Waals surface area contributed by atoms with Crippen molar-refractivity contribution in [3.63, 3.8) is 0 Å². The van der Waals surface area contributed by atoms with Gasteiger partial charge in [-0.1, -0.05) is 0 Å². The molecule has 0 radical (unpaired) electrons. The van der Waals surface area contributed by atoms with E-state index in [0.29, 0.717) is 24.3 Å². The molecule has 2 aliphatic rings. The number of nitrogens with zero attached hydrogens (tertiary/aromatic N) is 3. The van der Waals surface area contributed by atoms with E-state index < -0.39 is 0 Å². The number of piperidine rings is 1. The second-order valence-electron chi connectivity index (χ2n) is 6.40. The first-order chi connectivity index (χ1) is 9.63. The topological polar surface area (TPSA) is 52.2 Å². The van der Waals surface area contributed by atoms with Crippen LogP contribution in [-0.2, 0) is 17.8 Å². The number of carbonyl (C=O) groups is 1. The molecule has 2 aliphatic heterocycles. The fourth-order valence-electron chi connectivity index (χ4n) is 3.39. The quantitative estimate of drug-likeness (QED) is 0.908.